The van der Waals surface area contributed by atoms with Gasteiger partial charge in [0.1, 0.15) is 11.6 Å². The predicted molar refractivity (Wildman–Crippen MR) is 89.9 cm³/mol. The fourth-order valence-corrected chi connectivity index (χ4v) is 2.81. The van der Waals surface area contributed by atoms with Crippen LogP contribution in [0.3, 0.4) is 0 Å². The van der Waals surface area contributed by atoms with Crippen LogP contribution in [0.25, 0.3) is 11.4 Å². The number of hydrogen-bond acceptors (Lipinski definition) is 5. The van der Waals surface area contributed by atoms with E-state index < -0.39 is 17.5 Å². The zero-order valence-corrected chi connectivity index (χ0v) is 13.9. The maximum atomic E-state index is 13.5. The lowest BCUT2D eigenvalue weighted by Gasteiger charge is -2.06. The zero-order chi connectivity index (χ0) is 17.8. The van der Waals surface area contributed by atoms with Crippen LogP contribution >= 0.6 is 11.8 Å². The van der Waals surface area contributed by atoms with E-state index in [1.807, 2.05) is 0 Å². The highest BCUT2D eigenvalue weighted by Gasteiger charge is 2.14. The van der Waals surface area contributed by atoms with Gasteiger partial charge in [0.2, 0.25) is 5.91 Å². The molecule has 0 atom stereocenters. The standard InChI is InChI=1S/C16H13F2N5OS/c1-23-15(10-4-6-19-7-5-10)21-22-16(23)25-9-14(24)20-13-8-11(17)2-3-12(13)18/h2-8H,9H2,1H3,(H,20,24). The molecule has 0 bridgehead atoms. The van der Waals surface area contributed by atoms with Crippen LogP contribution in [0, 0.1) is 11.6 Å². The summed E-state index contributed by atoms with van der Waals surface area (Å²) < 4.78 is 28.4. The quantitative estimate of drug-likeness (QED) is 0.708. The summed E-state index contributed by atoms with van der Waals surface area (Å²) in [5.74, 6) is -1.17. The predicted octanol–water partition coefficient (Wildman–Crippen LogP) is 2.89. The molecule has 0 aliphatic rings. The van der Waals surface area contributed by atoms with Crippen molar-refractivity contribution in [1.82, 2.24) is 19.7 Å². The molecule has 1 N–H and O–H groups in total. The van der Waals surface area contributed by atoms with Crippen molar-refractivity contribution in [3.8, 4) is 11.4 Å². The minimum Gasteiger partial charge on any atom is -0.323 e. The van der Waals surface area contributed by atoms with Crippen molar-refractivity contribution >= 4 is 23.4 Å². The lowest BCUT2D eigenvalue weighted by Crippen LogP contribution is -2.15. The molecule has 0 aliphatic heterocycles. The molecule has 25 heavy (non-hydrogen) atoms. The molecule has 3 aromatic rings. The number of nitrogens with zero attached hydrogens (tertiary/aromatic N) is 4. The second kappa shape index (κ2) is 7.39. The van der Waals surface area contributed by atoms with Gasteiger partial charge in [-0.2, -0.15) is 0 Å². The van der Waals surface area contributed by atoms with Crippen molar-refractivity contribution in [2.24, 2.45) is 7.05 Å². The van der Waals surface area contributed by atoms with Gasteiger partial charge in [-0.25, -0.2) is 8.78 Å². The molecule has 9 heteroatoms. The van der Waals surface area contributed by atoms with E-state index in [9.17, 15) is 13.6 Å². The second-order valence-electron chi connectivity index (χ2n) is 5.06. The molecule has 2 heterocycles. The van der Waals surface area contributed by atoms with Gasteiger partial charge in [-0.1, -0.05) is 11.8 Å². The van der Waals surface area contributed by atoms with Crippen molar-refractivity contribution in [2.45, 2.75) is 5.16 Å². The Labute approximate surface area is 146 Å². The van der Waals surface area contributed by atoms with Gasteiger partial charge in [-0.05, 0) is 24.3 Å². The Morgan fingerprint density at radius 1 is 1.20 bits per heavy atom. The molecule has 0 fully saturated rings. The number of nitrogens with one attached hydrogen (secondary N) is 1. The van der Waals surface area contributed by atoms with Crippen LogP contribution in [-0.4, -0.2) is 31.4 Å². The van der Waals surface area contributed by atoms with E-state index in [0.717, 1.165) is 35.5 Å². The number of carbonyl (C=O) groups is 1. The van der Waals surface area contributed by atoms with Gasteiger partial charge in [0.05, 0.1) is 11.4 Å². The van der Waals surface area contributed by atoms with Crippen molar-refractivity contribution in [2.75, 3.05) is 11.1 Å². The largest absolute Gasteiger partial charge is 0.323 e. The molecular weight excluding hydrogens is 348 g/mol. The monoisotopic (exact) mass is 361 g/mol. The molecule has 0 radical (unpaired) electrons. The number of rotatable bonds is 5. The van der Waals surface area contributed by atoms with Gasteiger partial charge in [0, 0.05) is 31.1 Å². The lowest BCUT2D eigenvalue weighted by molar-refractivity contribution is -0.113. The summed E-state index contributed by atoms with van der Waals surface area (Å²) in [6.07, 6.45) is 3.30. The van der Waals surface area contributed by atoms with E-state index in [1.54, 1.807) is 36.1 Å². The van der Waals surface area contributed by atoms with Crippen molar-refractivity contribution in [1.29, 1.82) is 0 Å². The smallest absolute Gasteiger partial charge is 0.234 e. The van der Waals surface area contributed by atoms with Crippen molar-refractivity contribution in [3.05, 3.63) is 54.4 Å². The summed E-state index contributed by atoms with van der Waals surface area (Å²) >= 11 is 1.15. The van der Waals surface area contributed by atoms with E-state index >= 15 is 0 Å². The summed E-state index contributed by atoms with van der Waals surface area (Å²) in [6.45, 7) is 0. The minimum absolute atomic E-state index is 0.0156. The number of halogens is 2. The fraction of sp³-hybridized carbons (Fsp3) is 0.125. The molecule has 2 aromatic heterocycles. The summed E-state index contributed by atoms with van der Waals surface area (Å²) in [4.78, 5) is 15.9. The van der Waals surface area contributed by atoms with E-state index in [4.69, 9.17) is 0 Å². The van der Waals surface area contributed by atoms with E-state index in [2.05, 4.69) is 20.5 Å². The normalized spacial score (nSPS) is 10.7. The van der Waals surface area contributed by atoms with Crippen LogP contribution in [-0.2, 0) is 11.8 Å². The van der Waals surface area contributed by atoms with E-state index in [1.165, 1.54) is 0 Å². The lowest BCUT2D eigenvalue weighted by atomic mass is 10.2. The number of amides is 1. The van der Waals surface area contributed by atoms with Gasteiger partial charge < -0.3 is 9.88 Å². The number of anilines is 1. The fourth-order valence-electron chi connectivity index (χ4n) is 2.10. The Hall–Kier alpha value is -2.81. The van der Waals surface area contributed by atoms with Gasteiger partial charge in [-0.15, -0.1) is 10.2 Å². The Morgan fingerprint density at radius 3 is 2.72 bits per heavy atom. The number of aromatic nitrogens is 4. The molecule has 1 aromatic carbocycles. The first-order valence-corrected chi connectivity index (χ1v) is 8.20. The molecule has 0 saturated heterocycles. The van der Waals surface area contributed by atoms with Gasteiger partial charge in [-0.3, -0.25) is 9.78 Å². The molecule has 0 aliphatic carbocycles. The van der Waals surface area contributed by atoms with Gasteiger partial charge >= 0.3 is 0 Å². The molecule has 128 valence electrons. The SMILES string of the molecule is Cn1c(SCC(=O)Nc2cc(F)ccc2F)nnc1-c1ccncc1. The second-order valence-corrected chi connectivity index (χ2v) is 6.00. The van der Waals surface area contributed by atoms with Crippen LogP contribution in [0.4, 0.5) is 14.5 Å². The highest BCUT2D eigenvalue weighted by Crippen LogP contribution is 2.22. The van der Waals surface area contributed by atoms with E-state index in [-0.39, 0.29) is 11.4 Å². The topological polar surface area (TPSA) is 72.7 Å². The molecule has 3 rings (SSSR count). The van der Waals surface area contributed by atoms with Crippen LogP contribution in [0.2, 0.25) is 0 Å². The molecule has 0 unspecified atom stereocenters. The summed E-state index contributed by atoms with van der Waals surface area (Å²) in [5.41, 5.74) is 0.657. The first kappa shape index (κ1) is 17.0. The molecular formula is C16H13F2N5OS. The van der Waals surface area contributed by atoms with Crippen LogP contribution in [0.1, 0.15) is 0 Å². The molecule has 0 spiro atoms. The number of hydrogen-bond donors (Lipinski definition) is 1. The van der Waals surface area contributed by atoms with Crippen molar-refractivity contribution < 1.29 is 13.6 Å². The number of benzene rings is 1. The third-order valence-electron chi connectivity index (χ3n) is 3.31. The zero-order valence-electron chi connectivity index (χ0n) is 13.1. The average molecular weight is 361 g/mol. The average Bonchev–Trinajstić information content (AvgIpc) is 2.98. The summed E-state index contributed by atoms with van der Waals surface area (Å²) in [6, 6.07) is 6.49. The Morgan fingerprint density at radius 2 is 1.96 bits per heavy atom. The van der Waals surface area contributed by atoms with Gasteiger partial charge in [0.15, 0.2) is 11.0 Å². The third kappa shape index (κ3) is 4.00. The van der Waals surface area contributed by atoms with Crippen molar-refractivity contribution in [3.63, 3.8) is 0 Å². The first-order chi connectivity index (χ1) is 12.0. The Kier molecular flexibility index (Phi) is 5.03. The number of carbonyl (C=O) groups excluding carboxylic acids is 1. The molecule has 6 nitrogen and oxygen atoms in total. The van der Waals surface area contributed by atoms with Crippen LogP contribution < -0.4 is 5.32 Å². The van der Waals surface area contributed by atoms with E-state index in [0.29, 0.717) is 11.0 Å². The number of pyridine rings is 1. The third-order valence-corrected chi connectivity index (χ3v) is 4.33. The van der Waals surface area contributed by atoms with Crippen LogP contribution in [0.5, 0.6) is 0 Å². The Bertz CT molecular complexity index is 901. The molecule has 1 amide bonds. The maximum Gasteiger partial charge on any atom is 0.234 e. The minimum atomic E-state index is -0.696. The highest BCUT2D eigenvalue weighted by atomic mass is 32.2. The first-order valence-electron chi connectivity index (χ1n) is 7.22. The summed E-state index contributed by atoms with van der Waals surface area (Å²) in [7, 11) is 1.78. The number of thioether (sulfide) groups is 1. The maximum absolute atomic E-state index is 13.5. The Balaban J connectivity index is 1.65. The van der Waals surface area contributed by atoms with Crippen LogP contribution in [0.15, 0.2) is 47.9 Å². The van der Waals surface area contributed by atoms with Gasteiger partial charge in [0.25, 0.3) is 0 Å². The molecule has 0 saturated carbocycles. The highest BCUT2D eigenvalue weighted by molar-refractivity contribution is 7.99. The summed E-state index contributed by atoms with van der Waals surface area (Å²) in [5, 5.41) is 11.0.